The zero-order valence-electron chi connectivity index (χ0n) is 15.7. The molecule has 148 valence electrons. The Bertz CT molecular complexity index is 839. The van der Waals surface area contributed by atoms with Crippen LogP contribution in [-0.2, 0) is 4.79 Å². The fourth-order valence-corrected chi connectivity index (χ4v) is 3.62. The highest BCUT2D eigenvalue weighted by molar-refractivity contribution is 7.80. The van der Waals surface area contributed by atoms with Crippen molar-refractivity contribution >= 4 is 40.4 Å². The Labute approximate surface area is 175 Å². The van der Waals surface area contributed by atoms with Gasteiger partial charge in [-0.15, -0.1) is 0 Å². The van der Waals surface area contributed by atoms with Crippen molar-refractivity contribution in [2.24, 2.45) is 0 Å². The number of halogens is 1. The third-order valence-electron chi connectivity index (χ3n) is 4.35. The lowest BCUT2D eigenvalue weighted by Gasteiger charge is -2.21. The largest absolute Gasteiger partial charge is 0.490 e. The first-order valence-corrected chi connectivity index (χ1v) is 10.1. The molecule has 7 heteroatoms. The van der Waals surface area contributed by atoms with Gasteiger partial charge in [0.1, 0.15) is 4.99 Å². The molecular formula is C21H23ClN2O3S. The standard InChI is InChI=1S/C21H23ClN2O3S/c1-2-26-18-13-15(21(28)24-10-6-7-11-24)12-17(22)20(18)27-14-19(25)23-16-8-4-3-5-9-16/h3-5,8-9,12-13H,2,6-7,10-11,14H2,1H3,(H,23,25). The average Bonchev–Trinajstić information content (AvgIpc) is 3.22. The second kappa shape index (κ2) is 9.75. The first-order valence-electron chi connectivity index (χ1n) is 9.31. The van der Waals surface area contributed by atoms with Gasteiger partial charge in [0.2, 0.25) is 0 Å². The third-order valence-corrected chi connectivity index (χ3v) is 5.13. The fourth-order valence-electron chi connectivity index (χ4n) is 3.05. The Hall–Kier alpha value is -2.31. The van der Waals surface area contributed by atoms with Crippen molar-refractivity contribution in [1.82, 2.24) is 4.90 Å². The number of hydrogen-bond donors (Lipinski definition) is 1. The van der Waals surface area contributed by atoms with Gasteiger partial charge in [0.25, 0.3) is 5.91 Å². The molecule has 2 aromatic rings. The van der Waals surface area contributed by atoms with E-state index in [2.05, 4.69) is 10.2 Å². The molecule has 0 aromatic heterocycles. The maximum absolute atomic E-state index is 12.2. The minimum atomic E-state index is -0.277. The van der Waals surface area contributed by atoms with Crippen molar-refractivity contribution in [3.63, 3.8) is 0 Å². The van der Waals surface area contributed by atoms with Gasteiger partial charge in [0, 0.05) is 24.3 Å². The Kier molecular flexibility index (Phi) is 7.12. The molecule has 5 nitrogen and oxygen atoms in total. The van der Waals surface area contributed by atoms with Crippen molar-refractivity contribution in [3.8, 4) is 11.5 Å². The number of thiocarbonyl (C=S) groups is 1. The van der Waals surface area contributed by atoms with E-state index in [1.54, 1.807) is 6.07 Å². The molecule has 3 rings (SSSR count). The SMILES string of the molecule is CCOc1cc(C(=S)N2CCCC2)cc(Cl)c1OCC(=O)Nc1ccccc1. The first kappa shape index (κ1) is 20.4. The fraction of sp³-hybridized carbons (Fsp3) is 0.333. The van der Waals surface area contributed by atoms with Crippen LogP contribution < -0.4 is 14.8 Å². The number of para-hydroxylation sites is 1. The van der Waals surface area contributed by atoms with E-state index in [9.17, 15) is 4.79 Å². The van der Waals surface area contributed by atoms with Crippen molar-refractivity contribution in [2.45, 2.75) is 19.8 Å². The number of anilines is 1. The molecule has 1 aliphatic rings. The summed E-state index contributed by atoms with van der Waals surface area (Å²) in [6.07, 6.45) is 2.29. The number of nitrogens with one attached hydrogen (secondary N) is 1. The highest BCUT2D eigenvalue weighted by Crippen LogP contribution is 2.37. The van der Waals surface area contributed by atoms with Crippen LogP contribution >= 0.6 is 23.8 Å². The van der Waals surface area contributed by atoms with E-state index in [1.165, 1.54) is 0 Å². The molecule has 1 amide bonds. The van der Waals surface area contributed by atoms with Crippen molar-refractivity contribution < 1.29 is 14.3 Å². The van der Waals surface area contributed by atoms with E-state index < -0.39 is 0 Å². The van der Waals surface area contributed by atoms with Crippen LogP contribution in [0.2, 0.25) is 5.02 Å². The average molecular weight is 419 g/mol. The summed E-state index contributed by atoms with van der Waals surface area (Å²) >= 11 is 12.1. The number of carbonyl (C=O) groups is 1. The summed E-state index contributed by atoms with van der Waals surface area (Å²) in [5.74, 6) is 0.556. The van der Waals surface area contributed by atoms with Gasteiger partial charge in [0.15, 0.2) is 18.1 Å². The molecule has 28 heavy (non-hydrogen) atoms. The molecule has 0 aliphatic carbocycles. The van der Waals surface area contributed by atoms with Gasteiger partial charge in [-0.3, -0.25) is 4.79 Å². The monoisotopic (exact) mass is 418 g/mol. The predicted octanol–water partition coefficient (Wildman–Crippen LogP) is 4.53. The minimum Gasteiger partial charge on any atom is -0.490 e. The molecular weight excluding hydrogens is 396 g/mol. The summed E-state index contributed by atoms with van der Waals surface area (Å²) in [6, 6.07) is 12.8. The zero-order chi connectivity index (χ0) is 19.9. The van der Waals surface area contributed by atoms with Crippen LogP contribution in [0.15, 0.2) is 42.5 Å². The molecule has 0 bridgehead atoms. The molecule has 1 aliphatic heterocycles. The van der Waals surface area contributed by atoms with E-state index in [-0.39, 0.29) is 12.5 Å². The van der Waals surface area contributed by atoms with Gasteiger partial charge < -0.3 is 19.7 Å². The lowest BCUT2D eigenvalue weighted by atomic mass is 10.2. The van der Waals surface area contributed by atoms with E-state index >= 15 is 0 Å². The van der Waals surface area contributed by atoms with E-state index in [0.29, 0.717) is 28.8 Å². The molecule has 0 spiro atoms. The summed E-state index contributed by atoms with van der Waals surface area (Å²) in [5, 5.41) is 3.14. The Morgan fingerprint density at radius 2 is 1.89 bits per heavy atom. The summed E-state index contributed by atoms with van der Waals surface area (Å²) in [6.45, 7) is 4.06. The maximum atomic E-state index is 12.2. The number of rotatable bonds is 7. The molecule has 2 aromatic carbocycles. The topological polar surface area (TPSA) is 50.8 Å². The number of nitrogens with zero attached hydrogens (tertiary/aromatic N) is 1. The number of likely N-dealkylation sites (tertiary alicyclic amines) is 1. The van der Waals surface area contributed by atoms with Crippen molar-refractivity contribution in [3.05, 3.63) is 53.1 Å². The quantitative estimate of drug-likeness (QED) is 0.669. The number of amides is 1. The van der Waals surface area contributed by atoms with E-state index in [0.717, 1.165) is 36.5 Å². The van der Waals surface area contributed by atoms with Crippen LogP contribution in [0.25, 0.3) is 0 Å². The normalized spacial score (nSPS) is 13.3. The Morgan fingerprint density at radius 3 is 2.57 bits per heavy atom. The minimum absolute atomic E-state index is 0.176. The summed E-state index contributed by atoms with van der Waals surface area (Å²) in [5.41, 5.74) is 1.53. The van der Waals surface area contributed by atoms with Gasteiger partial charge in [-0.1, -0.05) is 42.0 Å². The van der Waals surface area contributed by atoms with Gasteiger partial charge >= 0.3 is 0 Å². The third kappa shape index (κ3) is 5.14. The molecule has 1 saturated heterocycles. The first-order chi connectivity index (χ1) is 13.6. The predicted molar refractivity (Wildman–Crippen MR) is 116 cm³/mol. The molecule has 0 unspecified atom stereocenters. The lowest BCUT2D eigenvalue weighted by Crippen LogP contribution is -2.26. The van der Waals surface area contributed by atoms with Crippen LogP contribution in [0.1, 0.15) is 25.3 Å². The van der Waals surface area contributed by atoms with E-state index in [1.807, 2.05) is 43.3 Å². The Balaban J connectivity index is 1.72. The molecule has 1 fully saturated rings. The van der Waals surface area contributed by atoms with E-state index in [4.69, 9.17) is 33.3 Å². The molecule has 1 N–H and O–H groups in total. The molecule has 0 atom stereocenters. The zero-order valence-corrected chi connectivity index (χ0v) is 17.3. The number of hydrogen-bond acceptors (Lipinski definition) is 4. The smallest absolute Gasteiger partial charge is 0.262 e. The molecule has 0 saturated carbocycles. The van der Waals surface area contributed by atoms with Crippen molar-refractivity contribution in [1.29, 1.82) is 0 Å². The number of ether oxygens (including phenoxy) is 2. The summed E-state index contributed by atoms with van der Waals surface area (Å²) < 4.78 is 11.4. The van der Waals surface area contributed by atoms with Gasteiger partial charge in [-0.05, 0) is 44.0 Å². The second-order valence-electron chi connectivity index (χ2n) is 6.42. The highest BCUT2D eigenvalue weighted by Gasteiger charge is 2.20. The summed E-state index contributed by atoms with van der Waals surface area (Å²) in [7, 11) is 0. The highest BCUT2D eigenvalue weighted by atomic mass is 35.5. The van der Waals surface area contributed by atoms with Crippen molar-refractivity contribution in [2.75, 3.05) is 31.6 Å². The second-order valence-corrected chi connectivity index (χ2v) is 7.21. The van der Waals surface area contributed by atoms with Crippen LogP contribution in [0, 0.1) is 0 Å². The van der Waals surface area contributed by atoms with Crippen LogP contribution in [0.5, 0.6) is 11.5 Å². The lowest BCUT2D eigenvalue weighted by molar-refractivity contribution is -0.118. The molecule has 1 heterocycles. The Morgan fingerprint density at radius 1 is 1.18 bits per heavy atom. The number of benzene rings is 2. The van der Waals surface area contributed by atoms with Gasteiger partial charge in [-0.25, -0.2) is 0 Å². The van der Waals surface area contributed by atoms with Crippen LogP contribution in [0.4, 0.5) is 5.69 Å². The van der Waals surface area contributed by atoms with Gasteiger partial charge in [0.05, 0.1) is 11.6 Å². The van der Waals surface area contributed by atoms with Gasteiger partial charge in [-0.2, -0.15) is 0 Å². The van der Waals surface area contributed by atoms with Crippen LogP contribution in [0.3, 0.4) is 0 Å². The van der Waals surface area contributed by atoms with Crippen LogP contribution in [-0.4, -0.2) is 42.1 Å². The molecule has 0 radical (unpaired) electrons. The summed E-state index contributed by atoms with van der Waals surface area (Å²) in [4.78, 5) is 15.1. The maximum Gasteiger partial charge on any atom is 0.262 e. The number of carbonyl (C=O) groups excluding carboxylic acids is 1.